The van der Waals surface area contributed by atoms with Gasteiger partial charge in [0.15, 0.2) is 0 Å². The zero-order valence-corrected chi connectivity index (χ0v) is 14.1. The number of pyridine rings is 1. The first-order chi connectivity index (χ1) is 11.1. The number of anilines is 1. The second-order valence-corrected chi connectivity index (χ2v) is 6.11. The summed E-state index contributed by atoms with van der Waals surface area (Å²) in [5.41, 5.74) is 1.60. The highest BCUT2D eigenvalue weighted by atomic mass is 35.5. The minimum atomic E-state index is 0.464. The number of hydrogen-bond donors (Lipinski definition) is 2. The quantitative estimate of drug-likeness (QED) is 0.860. The Morgan fingerprint density at radius 3 is 2.57 bits per heavy atom. The molecule has 2 heterocycles. The maximum Gasteiger partial charge on any atom is 0.201 e. The smallest absolute Gasteiger partial charge is 0.201 e. The van der Waals surface area contributed by atoms with Gasteiger partial charge in [0.1, 0.15) is 12.4 Å². The van der Waals surface area contributed by atoms with Gasteiger partial charge in [0.25, 0.3) is 0 Å². The van der Waals surface area contributed by atoms with Crippen molar-refractivity contribution < 1.29 is 0 Å². The van der Waals surface area contributed by atoms with Crippen LogP contribution in [0, 0.1) is 0 Å². The second-order valence-electron chi connectivity index (χ2n) is 4.80. The van der Waals surface area contributed by atoms with E-state index >= 15 is 0 Å². The van der Waals surface area contributed by atoms with Crippen LogP contribution in [0.1, 0.15) is 5.69 Å². The summed E-state index contributed by atoms with van der Waals surface area (Å²) in [7, 11) is 0. The van der Waals surface area contributed by atoms with Gasteiger partial charge in [0.05, 0.1) is 17.3 Å². The lowest BCUT2D eigenvalue weighted by Gasteiger charge is -2.07. The maximum atomic E-state index is 5.97. The van der Waals surface area contributed by atoms with Gasteiger partial charge in [-0.15, -0.1) is 0 Å². The van der Waals surface area contributed by atoms with Crippen LogP contribution >= 0.6 is 34.8 Å². The third kappa shape index (κ3) is 4.58. The molecule has 0 saturated heterocycles. The first-order valence-electron chi connectivity index (χ1n) is 6.77. The maximum absolute atomic E-state index is 5.97. The monoisotopic (exact) mass is 367 g/mol. The molecule has 0 atom stereocenters. The van der Waals surface area contributed by atoms with E-state index in [2.05, 4.69) is 25.6 Å². The number of nitrogens with one attached hydrogen (secondary N) is 2. The molecular formula is C15H12Cl3N5. The number of rotatable bonds is 3. The predicted octanol–water partition coefficient (Wildman–Crippen LogP) is 4.01. The van der Waals surface area contributed by atoms with Crippen LogP contribution in [0.4, 0.5) is 5.69 Å². The van der Waals surface area contributed by atoms with Crippen LogP contribution in [0.15, 0.2) is 46.5 Å². The Morgan fingerprint density at radius 1 is 1.09 bits per heavy atom. The molecule has 0 fully saturated rings. The van der Waals surface area contributed by atoms with E-state index in [1.807, 2.05) is 6.07 Å². The lowest BCUT2D eigenvalue weighted by Crippen LogP contribution is -2.30. The number of amidine groups is 1. The summed E-state index contributed by atoms with van der Waals surface area (Å²) in [6.45, 7) is 0.940. The summed E-state index contributed by atoms with van der Waals surface area (Å²) in [5, 5.41) is 7.94. The lowest BCUT2D eigenvalue weighted by molar-refractivity contribution is 0.977. The molecule has 1 aliphatic rings. The van der Waals surface area contributed by atoms with Crippen LogP contribution < -0.4 is 10.6 Å². The number of hydrogen-bond acceptors (Lipinski definition) is 4. The Labute approximate surface area is 148 Å². The molecule has 8 heteroatoms. The van der Waals surface area contributed by atoms with Gasteiger partial charge in [-0.25, -0.2) is 4.99 Å². The van der Waals surface area contributed by atoms with E-state index in [1.165, 1.54) is 0 Å². The molecule has 3 rings (SSSR count). The van der Waals surface area contributed by atoms with Gasteiger partial charge < -0.3 is 10.6 Å². The number of guanidine groups is 1. The first-order valence-corrected chi connectivity index (χ1v) is 7.90. The molecule has 1 aliphatic heterocycles. The number of aliphatic imine (C=N–C) groups is 2. The first kappa shape index (κ1) is 16.1. The van der Waals surface area contributed by atoms with Crippen LogP contribution in [0.2, 0.25) is 15.1 Å². The molecule has 118 valence electrons. The van der Waals surface area contributed by atoms with Gasteiger partial charge >= 0.3 is 0 Å². The number of benzene rings is 1. The fourth-order valence-corrected chi connectivity index (χ4v) is 2.61. The van der Waals surface area contributed by atoms with Crippen LogP contribution in [0.3, 0.4) is 0 Å². The van der Waals surface area contributed by atoms with Crippen molar-refractivity contribution in [3.8, 4) is 0 Å². The van der Waals surface area contributed by atoms with E-state index in [0.717, 1.165) is 17.2 Å². The minimum absolute atomic E-state index is 0.464. The largest absolute Gasteiger partial charge is 0.326 e. The van der Waals surface area contributed by atoms with Gasteiger partial charge in [-0.1, -0.05) is 34.8 Å². The third-order valence-corrected chi connectivity index (χ3v) is 3.66. The molecule has 5 nitrogen and oxygen atoms in total. The molecule has 0 aliphatic carbocycles. The van der Waals surface area contributed by atoms with Crippen LogP contribution in [-0.2, 0) is 6.54 Å². The molecule has 1 aromatic heterocycles. The Balaban J connectivity index is 1.59. The standard InChI is InChI=1S/C15H12Cl3N5/c16-9-1-2-12(19-6-9)7-20-14-8-21-15(23-14)22-13-4-10(17)3-11(18)5-13/h1-6H,7-8H2,(H2,20,21,22,23). The molecular weight excluding hydrogens is 357 g/mol. The Kier molecular flexibility index (Phi) is 5.00. The molecule has 0 bridgehead atoms. The van der Waals surface area contributed by atoms with E-state index in [-0.39, 0.29) is 0 Å². The van der Waals surface area contributed by atoms with E-state index in [9.17, 15) is 0 Å². The minimum Gasteiger partial charge on any atom is -0.326 e. The van der Waals surface area contributed by atoms with Crippen molar-refractivity contribution in [1.29, 1.82) is 0 Å². The van der Waals surface area contributed by atoms with Crippen molar-refractivity contribution in [3.63, 3.8) is 0 Å². The van der Waals surface area contributed by atoms with Crippen molar-refractivity contribution in [3.05, 3.63) is 57.3 Å². The highest BCUT2D eigenvalue weighted by Gasteiger charge is 2.12. The topological polar surface area (TPSA) is 61.7 Å². The van der Waals surface area contributed by atoms with Crippen molar-refractivity contribution in [2.75, 3.05) is 11.9 Å². The predicted molar refractivity (Wildman–Crippen MR) is 95.9 cm³/mol. The highest BCUT2D eigenvalue weighted by molar-refractivity contribution is 6.35. The summed E-state index contributed by atoms with van der Waals surface area (Å²) >= 11 is 17.7. The van der Waals surface area contributed by atoms with E-state index in [0.29, 0.717) is 34.1 Å². The van der Waals surface area contributed by atoms with E-state index in [1.54, 1.807) is 30.5 Å². The molecule has 1 aromatic carbocycles. The Bertz CT molecular complexity index is 751. The summed E-state index contributed by atoms with van der Waals surface area (Å²) in [6.07, 6.45) is 1.60. The fraction of sp³-hybridized carbons (Fsp3) is 0.133. The third-order valence-electron chi connectivity index (χ3n) is 3.00. The molecule has 23 heavy (non-hydrogen) atoms. The molecule has 2 aromatic rings. The SMILES string of the molecule is Clc1ccc(CN=C2CN=C(Nc3cc(Cl)cc(Cl)c3)N2)nc1. The van der Waals surface area contributed by atoms with Crippen molar-refractivity contribution in [2.45, 2.75) is 6.54 Å². The van der Waals surface area contributed by atoms with Crippen LogP contribution in [0.5, 0.6) is 0 Å². The summed E-state index contributed by atoms with van der Waals surface area (Å²) < 4.78 is 0. The Morgan fingerprint density at radius 2 is 1.87 bits per heavy atom. The van der Waals surface area contributed by atoms with Crippen molar-refractivity contribution in [1.82, 2.24) is 10.3 Å². The van der Waals surface area contributed by atoms with Gasteiger partial charge in [0.2, 0.25) is 5.96 Å². The zero-order valence-electron chi connectivity index (χ0n) is 11.9. The van der Waals surface area contributed by atoms with Crippen LogP contribution in [-0.4, -0.2) is 23.3 Å². The molecule has 0 amide bonds. The van der Waals surface area contributed by atoms with Gasteiger partial charge in [-0.05, 0) is 30.3 Å². The molecule has 0 unspecified atom stereocenters. The number of halogens is 3. The second kappa shape index (κ2) is 7.17. The fourth-order valence-electron chi connectivity index (χ4n) is 1.97. The average Bonchev–Trinajstić information content (AvgIpc) is 2.93. The Hall–Kier alpha value is -1.82. The van der Waals surface area contributed by atoms with E-state index in [4.69, 9.17) is 34.8 Å². The van der Waals surface area contributed by atoms with Gasteiger partial charge in [-0.2, -0.15) is 0 Å². The van der Waals surface area contributed by atoms with Gasteiger partial charge in [-0.3, -0.25) is 9.98 Å². The molecule has 0 saturated carbocycles. The summed E-state index contributed by atoms with van der Waals surface area (Å²) in [6, 6.07) is 8.84. The van der Waals surface area contributed by atoms with Crippen LogP contribution in [0.25, 0.3) is 0 Å². The molecule has 2 N–H and O–H groups in total. The summed E-state index contributed by atoms with van der Waals surface area (Å²) in [4.78, 5) is 13.0. The normalized spacial score (nSPS) is 15.4. The number of nitrogens with zero attached hydrogens (tertiary/aromatic N) is 3. The number of aromatic nitrogens is 1. The van der Waals surface area contributed by atoms with E-state index < -0.39 is 0 Å². The van der Waals surface area contributed by atoms with Crippen molar-refractivity contribution in [2.24, 2.45) is 9.98 Å². The lowest BCUT2D eigenvalue weighted by atomic mass is 10.3. The molecule has 0 spiro atoms. The van der Waals surface area contributed by atoms with Crippen molar-refractivity contribution >= 4 is 52.3 Å². The summed E-state index contributed by atoms with van der Waals surface area (Å²) in [5.74, 6) is 1.36. The molecule has 0 radical (unpaired) electrons. The van der Waals surface area contributed by atoms with Gasteiger partial charge in [0, 0.05) is 21.9 Å². The highest BCUT2D eigenvalue weighted by Crippen LogP contribution is 2.22. The average molecular weight is 369 g/mol. The zero-order chi connectivity index (χ0) is 16.2.